The standard InChI is InChI=1S/C17H25N3O3S/c21-17(18-14-7-2-1-3-8-14)19-15-9-6-10-16(13-15)24(22,23)20-11-4-5-12-20/h6,9-10,13-14H,1-5,7-8,11-12H2,(H2,18,19,21). The molecule has 1 aliphatic carbocycles. The fourth-order valence-corrected chi connectivity index (χ4v) is 4.97. The third-order valence-corrected chi connectivity index (χ3v) is 6.63. The Balaban J connectivity index is 1.65. The van der Waals surface area contributed by atoms with Crippen LogP contribution in [0.4, 0.5) is 10.5 Å². The zero-order valence-corrected chi connectivity index (χ0v) is 14.6. The van der Waals surface area contributed by atoms with Crippen molar-refractivity contribution < 1.29 is 13.2 Å². The van der Waals surface area contributed by atoms with E-state index in [9.17, 15) is 13.2 Å². The SMILES string of the molecule is O=C(Nc1cccc(S(=O)(=O)N2CCCC2)c1)NC1CCCCC1. The normalized spacial score (nSPS) is 20.0. The minimum absolute atomic E-state index is 0.218. The third-order valence-electron chi connectivity index (χ3n) is 4.74. The van der Waals surface area contributed by atoms with Crippen LogP contribution < -0.4 is 10.6 Å². The van der Waals surface area contributed by atoms with Crippen LogP contribution in [0.2, 0.25) is 0 Å². The zero-order valence-electron chi connectivity index (χ0n) is 13.8. The van der Waals surface area contributed by atoms with Gasteiger partial charge in [0, 0.05) is 24.8 Å². The summed E-state index contributed by atoms with van der Waals surface area (Å²) in [5, 5.41) is 5.73. The number of amides is 2. The van der Waals surface area contributed by atoms with Gasteiger partial charge in [-0.3, -0.25) is 0 Å². The summed E-state index contributed by atoms with van der Waals surface area (Å²) in [7, 11) is -3.46. The molecular weight excluding hydrogens is 326 g/mol. The van der Waals surface area contributed by atoms with Crippen LogP contribution >= 0.6 is 0 Å². The van der Waals surface area contributed by atoms with Crippen molar-refractivity contribution in [1.29, 1.82) is 0 Å². The number of sulfonamides is 1. The lowest BCUT2D eigenvalue weighted by molar-refractivity contribution is 0.244. The van der Waals surface area contributed by atoms with E-state index in [4.69, 9.17) is 0 Å². The van der Waals surface area contributed by atoms with Gasteiger partial charge in [-0.15, -0.1) is 0 Å². The Kier molecular flexibility index (Phi) is 5.40. The van der Waals surface area contributed by atoms with E-state index in [0.29, 0.717) is 18.8 Å². The molecule has 0 aromatic heterocycles. The van der Waals surface area contributed by atoms with Crippen molar-refractivity contribution in [3.8, 4) is 0 Å². The summed E-state index contributed by atoms with van der Waals surface area (Å²) in [6.07, 6.45) is 7.36. The predicted molar refractivity (Wildman–Crippen MR) is 93.5 cm³/mol. The van der Waals surface area contributed by atoms with Gasteiger partial charge in [0.2, 0.25) is 10.0 Å². The summed E-state index contributed by atoms with van der Waals surface area (Å²) in [4.78, 5) is 12.4. The number of nitrogens with one attached hydrogen (secondary N) is 2. The van der Waals surface area contributed by atoms with Crippen LogP contribution in [0.25, 0.3) is 0 Å². The monoisotopic (exact) mass is 351 g/mol. The summed E-state index contributed by atoms with van der Waals surface area (Å²) < 4.78 is 26.7. The van der Waals surface area contributed by atoms with E-state index < -0.39 is 10.0 Å². The van der Waals surface area contributed by atoms with Crippen LogP contribution in [0.5, 0.6) is 0 Å². The van der Waals surface area contributed by atoms with Gasteiger partial charge in [0.15, 0.2) is 0 Å². The van der Waals surface area contributed by atoms with E-state index in [1.54, 1.807) is 18.2 Å². The average molecular weight is 351 g/mol. The van der Waals surface area contributed by atoms with Gasteiger partial charge in [-0.2, -0.15) is 4.31 Å². The largest absolute Gasteiger partial charge is 0.335 e. The van der Waals surface area contributed by atoms with E-state index in [1.165, 1.54) is 16.8 Å². The molecule has 0 unspecified atom stereocenters. The van der Waals surface area contributed by atoms with Crippen LogP contribution in [-0.4, -0.2) is 37.9 Å². The van der Waals surface area contributed by atoms with Gasteiger partial charge in [0.25, 0.3) is 0 Å². The fraction of sp³-hybridized carbons (Fsp3) is 0.588. The molecule has 1 saturated carbocycles. The molecule has 2 aliphatic rings. The second-order valence-electron chi connectivity index (χ2n) is 6.57. The molecule has 2 amide bonds. The maximum Gasteiger partial charge on any atom is 0.319 e. The molecule has 0 bridgehead atoms. The quantitative estimate of drug-likeness (QED) is 0.875. The number of rotatable bonds is 4. The number of hydrogen-bond donors (Lipinski definition) is 2. The van der Waals surface area contributed by atoms with E-state index in [0.717, 1.165) is 38.5 Å². The molecule has 1 aromatic rings. The average Bonchev–Trinajstić information content (AvgIpc) is 3.11. The molecule has 1 aromatic carbocycles. The maximum absolute atomic E-state index is 12.6. The molecular formula is C17H25N3O3S. The predicted octanol–water partition coefficient (Wildman–Crippen LogP) is 2.93. The maximum atomic E-state index is 12.6. The van der Waals surface area contributed by atoms with Crippen molar-refractivity contribution in [1.82, 2.24) is 9.62 Å². The first-order chi connectivity index (χ1) is 11.6. The Morgan fingerprint density at radius 2 is 1.75 bits per heavy atom. The van der Waals surface area contributed by atoms with E-state index in [1.807, 2.05) is 0 Å². The Morgan fingerprint density at radius 1 is 1.04 bits per heavy atom. The van der Waals surface area contributed by atoms with E-state index in [2.05, 4.69) is 10.6 Å². The van der Waals surface area contributed by atoms with Crippen LogP contribution in [0.15, 0.2) is 29.2 Å². The third kappa shape index (κ3) is 4.08. The topological polar surface area (TPSA) is 78.5 Å². The number of benzene rings is 1. The van der Waals surface area contributed by atoms with Crippen molar-refractivity contribution in [3.05, 3.63) is 24.3 Å². The highest BCUT2D eigenvalue weighted by molar-refractivity contribution is 7.89. The molecule has 1 saturated heterocycles. The van der Waals surface area contributed by atoms with Gasteiger partial charge in [-0.05, 0) is 43.9 Å². The summed E-state index contributed by atoms with van der Waals surface area (Å²) in [5.74, 6) is 0. The number of carbonyl (C=O) groups excluding carboxylic acids is 1. The smallest absolute Gasteiger partial charge is 0.319 e. The van der Waals surface area contributed by atoms with Crippen LogP contribution in [0.3, 0.4) is 0 Å². The van der Waals surface area contributed by atoms with Gasteiger partial charge < -0.3 is 10.6 Å². The minimum atomic E-state index is -3.46. The summed E-state index contributed by atoms with van der Waals surface area (Å²) in [6.45, 7) is 1.14. The molecule has 3 rings (SSSR count). The van der Waals surface area contributed by atoms with Gasteiger partial charge >= 0.3 is 6.03 Å². The highest BCUT2D eigenvalue weighted by atomic mass is 32.2. The molecule has 0 atom stereocenters. The molecule has 6 nitrogen and oxygen atoms in total. The first-order valence-corrected chi connectivity index (χ1v) is 10.2. The van der Waals surface area contributed by atoms with Gasteiger partial charge in [0.1, 0.15) is 0 Å². The molecule has 7 heteroatoms. The Morgan fingerprint density at radius 3 is 2.46 bits per heavy atom. The van der Waals surface area contributed by atoms with Crippen molar-refractivity contribution in [3.63, 3.8) is 0 Å². The second kappa shape index (κ2) is 7.53. The Hall–Kier alpha value is -1.60. The molecule has 24 heavy (non-hydrogen) atoms. The number of urea groups is 1. The highest BCUT2D eigenvalue weighted by Gasteiger charge is 2.27. The van der Waals surface area contributed by atoms with Gasteiger partial charge in [0.05, 0.1) is 4.90 Å². The number of anilines is 1. The lowest BCUT2D eigenvalue weighted by atomic mass is 9.96. The first-order valence-electron chi connectivity index (χ1n) is 8.73. The zero-order chi connectivity index (χ0) is 17.0. The molecule has 2 fully saturated rings. The molecule has 1 aliphatic heterocycles. The lowest BCUT2D eigenvalue weighted by Gasteiger charge is -2.23. The van der Waals surface area contributed by atoms with Crippen LogP contribution in [-0.2, 0) is 10.0 Å². The molecule has 0 radical (unpaired) electrons. The van der Waals surface area contributed by atoms with Crippen molar-refractivity contribution in [2.24, 2.45) is 0 Å². The summed E-state index contributed by atoms with van der Waals surface area (Å²) in [5.41, 5.74) is 0.503. The fourth-order valence-electron chi connectivity index (χ4n) is 3.41. The number of nitrogens with zero attached hydrogens (tertiary/aromatic N) is 1. The number of hydrogen-bond acceptors (Lipinski definition) is 3. The molecule has 132 valence electrons. The second-order valence-corrected chi connectivity index (χ2v) is 8.51. The van der Waals surface area contributed by atoms with Gasteiger partial charge in [-0.25, -0.2) is 13.2 Å². The van der Waals surface area contributed by atoms with Crippen LogP contribution in [0.1, 0.15) is 44.9 Å². The molecule has 0 spiro atoms. The van der Waals surface area contributed by atoms with Crippen molar-refractivity contribution in [2.45, 2.75) is 55.9 Å². The van der Waals surface area contributed by atoms with E-state index >= 15 is 0 Å². The summed E-state index contributed by atoms with van der Waals surface area (Å²) in [6, 6.07) is 6.45. The lowest BCUT2D eigenvalue weighted by Crippen LogP contribution is -2.39. The van der Waals surface area contributed by atoms with Crippen molar-refractivity contribution >= 4 is 21.7 Å². The Labute approximate surface area is 143 Å². The molecule has 1 heterocycles. The summed E-state index contributed by atoms with van der Waals surface area (Å²) >= 11 is 0. The highest BCUT2D eigenvalue weighted by Crippen LogP contribution is 2.23. The minimum Gasteiger partial charge on any atom is -0.335 e. The number of carbonyl (C=O) groups is 1. The van der Waals surface area contributed by atoms with Crippen LogP contribution in [0, 0.1) is 0 Å². The Bertz CT molecular complexity index is 678. The van der Waals surface area contributed by atoms with Gasteiger partial charge in [-0.1, -0.05) is 25.3 Å². The van der Waals surface area contributed by atoms with Crippen molar-refractivity contribution in [2.75, 3.05) is 18.4 Å². The van der Waals surface area contributed by atoms with E-state index in [-0.39, 0.29) is 17.0 Å². The first kappa shape index (κ1) is 17.2. The molecule has 2 N–H and O–H groups in total.